The third kappa shape index (κ3) is 11.1. The van der Waals surface area contributed by atoms with E-state index >= 15 is 4.39 Å². The lowest BCUT2D eigenvalue weighted by atomic mass is 9.92. The largest absolute Gasteiger partial charge is 0.478 e. The Bertz CT molecular complexity index is 3150. The standard InChI is InChI=1S/C27H25FN6O3S.C22H18FN3O4S/c1-13-20(11-17(12-22(13)28)25(36)30-18-5-6-18)19-7-4-16(24(35)31-23-14(2)33-34-15(23)3)10-21(19)26(37)32-27-29-8-9-38-27;1-11-16(9-13(10-18(11)23)19(27)25-14-3-4-14)15-5-2-12(21(29)30)8-17(15)20(28)26-22-24-6-7-31-22/h4,7-12,18H,5-6H2,1-3H3,(H,30,36)(H,31,35)(H,33,34)(H,29,32,37);2,5-10,14H,3-4H2,1H3,(H,25,27)(H,29,30)(H,24,26,28). The highest BCUT2D eigenvalue weighted by molar-refractivity contribution is 7.14. The fourth-order valence-corrected chi connectivity index (χ4v) is 8.25. The summed E-state index contributed by atoms with van der Waals surface area (Å²) < 4.78 is 29.7. The molecule has 20 heteroatoms. The van der Waals surface area contributed by atoms with Crippen molar-refractivity contribution in [3.05, 3.63) is 151 Å². The second kappa shape index (κ2) is 20.1. The first-order chi connectivity index (χ1) is 33.0. The Morgan fingerprint density at radius 1 is 0.580 bits per heavy atom. The maximum absolute atomic E-state index is 15.0. The van der Waals surface area contributed by atoms with Gasteiger partial charge in [-0.15, -0.1) is 22.7 Å². The first-order valence-electron chi connectivity index (χ1n) is 21.5. The van der Waals surface area contributed by atoms with Crippen LogP contribution in [0.3, 0.4) is 0 Å². The zero-order chi connectivity index (χ0) is 49.1. The van der Waals surface area contributed by atoms with Gasteiger partial charge in [-0.2, -0.15) is 5.10 Å². The van der Waals surface area contributed by atoms with Crippen LogP contribution in [0.2, 0.25) is 0 Å². The number of rotatable bonds is 13. The number of carbonyl (C=O) groups is 6. The van der Waals surface area contributed by atoms with Crippen molar-refractivity contribution in [1.29, 1.82) is 0 Å². The number of aryl methyl sites for hydroxylation is 2. The molecule has 5 amide bonds. The molecule has 0 radical (unpaired) electrons. The molecule has 69 heavy (non-hydrogen) atoms. The Kier molecular flexibility index (Phi) is 13.8. The smallest absolute Gasteiger partial charge is 0.335 e. The van der Waals surface area contributed by atoms with Gasteiger partial charge in [0.1, 0.15) is 11.6 Å². The number of carboxylic acids is 1. The molecular formula is C49H43F2N9O7S2. The molecule has 0 aliphatic heterocycles. The molecule has 3 aromatic heterocycles. The summed E-state index contributed by atoms with van der Waals surface area (Å²) in [6.07, 6.45) is 6.67. The summed E-state index contributed by atoms with van der Waals surface area (Å²) in [6, 6.07) is 14.3. The zero-order valence-electron chi connectivity index (χ0n) is 37.4. The minimum absolute atomic E-state index is 0.0392. The van der Waals surface area contributed by atoms with Crippen molar-refractivity contribution in [2.75, 3.05) is 16.0 Å². The van der Waals surface area contributed by atoms with Gasteiger partial charge in [0.05, 0.1) is 22.6 Å². The molecule has 352 valence electrons. The van der Waals surface area contributed by atoms with Crippen LogP contribution in [-0.2, 0) is 0 Å². The number of aromatic amines is 1. The number of carboxylic acid groups (broad SMARTS) is 1. The first kappa shape index (κ1) is 47.5. The molecule has 0 bridgehead atoms. The number of thiazole rings is 2. The molecule has 9 rings (SSSR count). The van der Waals surface area contributed by atoms with Crippen molar-refractivity contribution in [3.8, 4) is 22.3 Å². The molecule has 7 aromatic rings. The van der Waals surface area contributed by atoms with Crippen LogP contribution < -0.4 is 26.6 Å². The van der Waals surface area contributed by atoms with Crippen molar-refractivity contribution < 1.29 is 42.7 Å². The van der Waals surface area contributed by atoms with Gasteiger partial charge in [-0.1, -0.05) is 12.1 Å². The van der Waals surface area contributed by atoms with E-state index in [1.54, 1.807) is 62.9 Å². The van der Waals surface area contributed by atoms with E-state index in [2.05, 4.69) is 46.7 Å². The van der Waals surface area contributed by atoms with Crippen LogP contribution in [0.1, 0.15) is 110 Å². The van der Waals surface area contributed by atoms with Crippen LogP contribution in [0.25, 0.3) is 22.3 Å². The van der Waals surface area contributed by atoms with Crippen LogP contribution in [-0.4, -0.2) is 72.9 Å². The van der Waals surface area contributed by atoms with E-state index in [1.165, 1.54) is 65.3 Å². The maximum Gasteiger partial charge on any atom is 0.335 e. The normalized spacial score (nSPS) is 12.8. The number of benzene rings is 4. The van der Waals surface area contributed by atoms with E-state index in [0.717, 1.165) is 31.7 Å². The summed E-state index contributed by atoms with van der Waals surface area (Å²) in [6.45, 7) is 6.68. The number of aromatic nitrogens is 4. The molecule has 3 heterocycles. The van der Waals surface area contributed by atoms with Crippen molar-refractivity contribution in [3.63, 3.8) is 0 Å². The van der Waals surface area contributed by atoms with E-state index < -0.39 is 41.2 Å². The highest BCUT2D eigenvalue weighted by Crippen LogP contribution is 2.34. The third-order valence-electron chi connectivity index (χ3n) is 11.3. The van der Waals surface area contributed by atoms with Crippen molar-refractivity contribution in [2.45, 2.75) is 65.5 Å². The van der Waals surface area contributed by atoms with Crippen molar-refractivity contribution in [1.82, 2.24) is 30.8 Å². The van der Waals surface area contributed by atoms with Gasteiger partial charge in [-0.3, -0.25) is 39.7 Å². The second-order valence-corrected chi connectivity index (χ2v) is 18.2. The van der Waals surface area contributed by atoms with E-state index in [-0.39, 0.29) is 62.5 Å². The van der Waals surface area contributed by atoms with Gasteiger partial charge in [0.2, 0.25) is 0 Å². The molecule has 0 atom stereocenters. The highest BCUT2D eigenvalue weighted by atomic mass is 32.1. The Labute approximate surface area is 401 Å². The van der Waals surface area contributed by atoms with Gasteiger partial charge in [-0.25, -0.2) is 23.5 Å². The van der Waals surface area contributed by atoms with E-state index in [4.69, 9.17) is 0 Å². The highest BCUT2D eigenvalue weighted by Gasteiger charge is 2.28. The Hall–Kier alpha value is -7.97. The lowest BCUT2D eigenvalue weighted by molar-refractivity contribution is 0.0695. The minimum Gasteiger partial charge on any atom is -0.478 e. The maximum atomic E-state index is 15.0. The lowest BCUT2D eigenvalue weighted by Gasteiger charge is -2.16. The molecule has 0 spiro atoms. The van der Waals surface area contributed by atoms with Crippen LogP contribution >= 0.6 is 22.7 Å². The number of anilines is 3. The summed E-state index contributed by atoms with van der Waals surface area (Å²) in [5.74, 6) is -4.66. The molecule has 0 saturated heterocycles. The average molecular weight is 972 g/mol. The zero-order valence-corrected chi connectivity index (χ0v) is 39.0. The van der Waals surface area contributed by atoms with E-state index in [0.29, 0.717) is 49.6 Å². The summed E-state index contributed by atoms with van der Waals surface area (Å²) >= 11 is 2.45. The fraction of sp³-hybridized carbons (Fsp3) is 0.204. The average Bonchev–Trinajstić information content (AvgIpc) is 4.18. The SMILES string of the molecule is Cc1c(F)cc(C(=O)NC2CC2)cc1-c1ccc(C(=O)O)cc1C(=O)Nc1nccs1.Cc1n[nH]c(C)c1NC(=O)c1ccc(-c2cc(C(=O)NC3CC3)cc(F)c2C)c(C(=O)Nc2nccs2)c1. The van der Waals surface area contributed by atoms with E-state index in [9.17, 15) is 38.3 Å². The van der Waals surface area contributed by atoms with Crippen molar-refractivity contribution in [2.24, 2.45) is 0 Å². The number of H-pyrrole nitrogens is 1. The number of nitrogens with one attached hydrogen (secondary N) is 6. The second-order valence-electron chi connectivity index (χ2n) is 16.4. The van der Waals surface area contributed by atoms with Crippen LogP contribution in [0.5, 0.6) is 0 Å². The van der Waals surface area contributed by atoms with Gasteiger partial charge >= 0.3 is 5.97 Å². The third-order valence-corrected chi connectivity index (χ3v) is 12.7. The Morgan fingerprint density at radius 2 is 1.04 bits per heavy atom. The number of amides is 5. The molecule has 2 aliphatic carbocycles. The molecular weight excluding hydrogens is 929 g/mol. The summed E-state index contributed by atoms with van der Waals surface area (Å²) in [5.41, 5.74) is 4.41. The van der Waals surface area contributed by atoms with Crippen LogP contribution in [0.15, 0.2) is 83.8 Å². The van der Waals surface area contributed by atoms with Gasteiger partial charge in [-0.05, 0) is 135 Å². The molecule has 7 N–H and O–H groups in total. The van der Waals surface area contributed by atoms with Crippen LogP contribution in [0, 0.1) is 39.3 Å². The molecule has 2 fully saturated rings. The molecule has 2 saturated carbocycles. The number of hydrogen-bond acceptors (Lipinski definition) is 11. The summed E-state index contributed by atoms with van der Waals surface area (Å²) in [7, 11) is 0. The Morgan fingerprint density at radius 3 is 1.45 bits per heavy atom. The number of aromatic carboxylic acids is 1. The molecule has 4 aromatic carbocycles. The topological polar surface area (TPSA) is 237 Å². The quantitative estimate of drug-likeness (QED) is 0.0579. The van der Waals surface area contributed by atoms with Gasteiger partial charge < -0.3 is 21.1 Å². The first-order valence-corrected chi connectivity index (χ1v) is 23.3. The molecule has 2 aliphatic rings. The van der Waals surface area contributed by atoms with Gasteiger partial charge in [0, 0.05) is 63.1 Å². The minimum atomic E-state index is -1.20. The predicted molar refractivity (Wildman–Crippen MR) is 257 cm³/mol. The number of hydrogen-bond donors (Lipinski definition) is 7. The lowest BCUT2D eigenvalue weighted by Crippen LogP contribution is -2.25. The Balaban J connectivity index is 0.000000190. The monoisotopic (exact) mass is 971 g/mol. The van der Waals surface area contributed by atoms with Gasteiger partial charge in [0.25, 0.3) is 29.5 Å². The molecule has 16 nitrogen and oxygen atoms in total. The van der Waals surface area contributed by atoms with Gasteiger partial charge in [0.15, 0.2) is 10.3 Å². The summed E-state index contributed by atoms with van der Waals surface area (Å²) in [4.78, 5) is 84.2. The van der Waals surface area contributed by atoms with Crippen LogP contribution in [0.4, 0.5) is 24.7 Å². The number of carbonyl (C=O) groups excluding carboxylic acids is 5. The number of halogens is 2. The predicted octanol–water partition coefficient (Wildman–Crippen LogP) is 9.09. The van der Waals surface area contributed by atoms with E-state index in [1.807, 2.05) is 0 Å². The number of nitrogens with zero attached hydrogens (tertiary/aromatic N) is 3. The fourth-order valence-electron chi connectivity index (χ4n) is 7.20. The molecule has 0 unspecified atom stereocenters. The van der Waals surface area contributed by atoms with Crippen molar-refractivity contribution >= 4 is 74.1 Å². The summed E-state index contributed by atoms with van der Waals surface area (Å²) in [5, 5.41) is 34.3.